The molecule has 0 aromatic heterocycles. The second-order valence-corrected chi connectivity index (χ2v) is 2.48. The normalized spacial score (nSPS) is 8.09. The summed E-state index contributed by atoms with van der Waals surface area (Å²) in [6, 6.07) is 9.66. The third-order valence-electron chi connectivity index (χ3n) is 1.12. The van der Waals surface area contributed by atoms with E-state index in [1.807, 2.05) is 30.3 Å². The second kappa shape index (κ2) is 3.85. The molecule has 0 atom stereocenters. The number of hydrogen-bond acceptors (Lipinski definition) is 0. The Kier molecular flexibility index (Phi) is 2.77. The van der Waals surface area contributed by atoms with Crippen molar-refractivity contribution in [3.63, 3.8) is 0 Å². The van der Waals surface area contributed by atoms with Gasteiger partial charge in [0, 0.05) is 5.56 Å². The summed E-state index contributed by atoms with van der Waals surface area (Å²) in [6.45, 7) is 3.46. The van der Waals surface area contributed by atoms with Gasteiger partial charge in [-0.05, 0) is 18.1 Å². The van der Waals surface area contributed by atoms with Crippen LogP contribution in [0.2, 0.25) is 0 Å². The molecule has 54 valence electrons. The molecule has 0 radical (unpaired) electrons. The predicted octanol–water partition coefficient (Wildman–Crippen LogP) is 2.79. The lowest BCUT2D eigenvalue weighted by atomic mass is 10.2. The van der Waals surface area contributed by atoms with Crippen LogP contribution in [-0.2, 0) is 0 Å². The summed E-state index contributed by atoms with van der Waals surface area (Å²) in [5.41, 5.74) is 0.953. The van der Waals surface area contributed by atoms with Crippen LogP contribution in [0.4, 0.5) is 0 Å². The van der Waals surface area contributed by atoms with Crippen LogP contribution < -0.4 is 0 Å². The van der Waals surface area contributed by atoms with Gasteiger partial charge in [0.2, 0.25) is 0 Å². The molecule has 0 fully saturated rings. The van der Waals surface area contributed by atoms with Gasteiger partial charge in [-0.3, -0.25) is 0 Å². The van der Waals surface area contributed by atoms with E-state index in [2.05, 4.69) is 18.4 Å². The van der Waals surface area contributed by atoms with Gasteiger partial charge in [-0.2, -0.15) is 0 Å². The SMILES string of the molecule is C=C(Cl)C#Cc1ccccc1. The zero-order valence-corrected chi connectivity index (χ0v) is 6.73. The molecule has 1 aromatic carbocycles. The highest BCUT2D eigenvalue weighted by Crippen LogP contribution is 1.97. The lowest BCUT2D eigenvalue weighted by molar-refractivity contribution is 1.65. The molecule has 0 nitrogen and oxygen atoms in total. The maximum atomic E-state index is 5.46. The molecule has 0 aliphatic carbocycles. The van der Waals surface area contributed by atoms with Crippen LogP contribution in [0.1, 0.15) is 5.56 Å². The van der Waals surface area contributed by atoms with E-state index in [1.54, 1.807) is 0 Å². The van der Waals surface area contributed by atoms with E-state index in [-0.39, 0.29) is 0 Å². The molecular formula is C10H7Cl. The minimum Gasteiger partial charge on any atom is -0.0751 e. The van der Waals surface area contributed by atoms with Crippen molar-refractivity contribution in [2.24, 2.45) is 0 Å². The first-order valence-electron chi connectivity index (χ1n) is 3.20. The lowest BCUT2D eigenvalue weighted by Gasteiger charge is -1.84. The third kappa shape index (κ3) is 2.93. The Morgan fingerprint density at radius 1 is 1.27 bits per heavy atom. The molecule has 0 aliphatic rings. The van der Waals surface area contributed by atoms with Crippen molar-refractivity contribution in [1.29, 1.82) is 0 Å². The third-order valence-corrected chi connectivity index (χ3v) is 1.21. The molecule has 0 saturated carbocycles. The maximum absolute atomic E-state index is 5.46. The molecule has 0 amide bonds. The first-order chi connectivity index (χ1) is 5.29. The van der Waals surface area contributed by atoms with Crippen LogP contribution in [0.5, 0.6) is 0 Å². The molecule has 1 aromatic rings. The summed E-state index contributed by atoms with van der Waals surface area (Å²) in [5, 5.41) is 0.369. The number of halogens is 1. The Morgan fingerprint density at radius 3 is 2.45 bits per heavy atom. The predicted molar refractivity (Wildman–Crippen MR) is 48.3 cm³/mol. The molecule has 0 spiro atoms. The van der Waals surface area contributed by atoms with Gasteiger partial charge in [0.05, 0.1) is 5.03 Å². The van der Waals surface area contributed by atoms with Crippen molar-refractivity contribution in [1.82, 2.24) is 0 Å². The Labute approximate surface area is 71.5 Å². The van der Waals surface area contributed by atoms with Gasteiger partial charge in [-0.15, -0.1) is 0 Å². The van der Waals surface area contributed by atoms with Crippen LogP contribution in [0.3, 0.4) is 0 Å². The largest absolute Gasteiger partial charge is 0.0836 e. The Balaban J connectivity index is 2.83. The molecule has 0 bridgehead atoms. The van der Waals surface area contributed by atoms with Crippen LogP contribution in [0, 0.1) is 11.8 Å². The van der Waals surface area contributed by atoms with Gasteiger partial charge in [0.1, 0.15) is 0 Å². The van der Waals surface area contributed by atoms with Gasteiger partial charge < -0.3 is 0 Å². The highest BCUT2D eigenvalue weighted by molar-refractivity contribution is 6.31. The van der Waals surface area contributed by atoms with Crippen LogP contribution in [0.15, 0.2) is 41.9 Å². The zero-order chi connectivity index (χ0) is 8.10. The Bertz CT molecular complexity index is 301. The quantitative estimate of drug-likeness (QED) is 0.515. The summed E-state index contributed by atoms with van der Waals surface area (Å²) in [7, 11) is 0. The monoisotopic (exact) mass is 162 g/mol. The van der Waals surface area contributed by atoms with Crippen molar-refractivity contribution in [2.75, 3.05) is 0 Å². The van der Waals surface area contributed by atoms with E-state index < -0.39 is 0 Å². The number of allylic oxidation sites excluding steroid dienone is 1. The fourth-order valence-electron chi connectivity index (χ4n) is 0.661. The average molecular weight is 163 g/mol. The van der Waals surface area contributed by atoms with Crippen LogP contribution in [-0.4, -0.2) is 0 Å². The molecule has 1 rings (SSSR count). The van der Waals surface area contributed by atoms with Gasteiger partial charge in [-0.25, -0.2) is 0 Å². The maximum Gasteiger partial charge on any atom is 0.0836 e. The molecule has 0 aliphatic heterocycles. The van der Waals surface area contributed by atoms with E-state index >= 15 is 0 Å². The summed E-state index contributed by atoms with van der Waals surface area (Å²) in [5.74, 6) is 5.55. The molecule has 0 unspecified atom stereocenters. The highest BCUT2D eigenvalue weighted by atomic mass is 35.5. The van der Waals surface area contributed by atoms with E-state index in [1.165, 1.54) is 0 Å². The van der Waals surface area contributed by atoms with Gasteiger partial charge in [0.25, 0.3) is 0 Å². The van der Waals surface area contributed by atoms with Crippen LogP contribution >= 0.6 is 11.6 Å². The summed E-state index contributed by atoms with van der Waals surface area (Å²) in [4.78, 5) is 0. The van der Waals surface area contributed by atoms with Gasteiger partial charge in [0.15, 0.2) is 0 Å². The summed E-state index contributed by atoms with van der Waals surface area (Å²) < 4.78 is 0. The van der Waals surface area contributed by atoms with Crippen molar-refractivity contribution in [3.8, 4) is 11.8 Å². The minimum atomic E-state index is 0.369. The van der Waals surface area contributed by atoms with Gasteiger partial charge in [-0.1, -0.05) is 42.3 Å². The molecular weight excluding hydrogens is 156 g/mol. The first-order valence-corrected chi connectivity index (χ1v) is 3.58. The van der Waals surface area contributed by atoms with Gasteiger partial charge >= 0.3 is 0 Å². The fraction of sp³-hybridized carbons (Fsp3) is 0. The van der Waals surface area contributed by atoms with Crippen molar-refractivity contribution in [2.45, 2.75) is 0 Å². The smallest absolute Gasteiger partial charge is 0.0751 e. The van der Waals surface area contributed by atoms with Crippen LogP contribution in [0.25, 0.3) is 0 Å². The number of hydrogen-bond donors (Lipinski definition) is 0. The molecule has 11 heavy (non-hydrogen) atoms. The molecule has 0 heterocycles. The van der Waals surface area contributed by atoms with E-state index in [9.17, 15) is 0 Å². The minimum absolute atomic E-state index is 0.369. The van der Waals surface area contributed by atoms with E-state index in [0.717, 1.165) is 5.56 Å². The average Bonchev–Trinajstić information content (AvgIpc) is 2.03. The van der Waals surface area contributed by atoms with E-state index in [4.69, 9.17) is 11.6 Å². The fourth-order valence-corrected chi connectivity index (χ4v) is 0.709. The first kappa shape index (κ1) is 7.91. The molecule has 0 saturated heterocycles. The summed E-state index contributed by atoms with van der Waals surface area (Å²) >= 11 is 5.46. The zero-order valence-electron chi connectivity index (χ0n) is 5.97. The van der Waals surface area contributed by atoms with Crippen molar-refractivity contribution >= 4 is 11.6 Å². The van der Waals surface area contributed by atoms with Crippen molar-refractivity contribution in [3.05, 3.63) is 47.5 Å². The molecule has 0 N–H and O–H groups in total. The molecule has 1 heteroatoms. The van der Waals surface area contributed by atoms with E-state index in [0.29, 0.717) is 5.03 Å². The Hall–Kier alpha value is -1.19. The lowest BCUT2D eigenvalue weighted by Crippen LogP contribution is -1.69. The standard InChI is InChI=1S/C10H7Cl/c1-9(11)7-8-10-5-3-2-4-6-10/h2-6H,1H2. The summed E-state index contributed by atoms with van der Waals surface area (Å²) in [6.07, 6.45) is 0. The number of benzene rings is 1. The second-order valence-electron chi connectivity index (χ2n) is 2.02. The van der Waals surface area contributed by atoms with Crippen molar-refractivity contribution < 1.29 is 0 Å². The Morgan fingerprint density at radius 2 is 1.91 bits per heavy atom. The highest BCUT2D eigenvalue weighted by Gasteiger charge is 1.80. The topological polar surface area (TPSA) is 0 Å². The number of rotatable bonds is 0.